The molecule has 1 aliphatic carbocycles. The van der Waals surface area contributed by atoms with Gasteiger partial charge in [-0.2, -0.15) is 0 Å². The molecular formula is C19H20BrNO2. The fourth-order valence-corrected chi connectivity index (χ4v) is 3.45. The van der Waals surface area contributed by atoms with E-state index in [4.69, 9.17) is 4.74 Å². The van der Waals surface area contributed by atoms with Crippen LogP contribution < -0.4 is 5.32 Å². The van der Waals surface area contributed by atoms with Crippen molar-refractivity contribution in [2.75, 3.05) is 0 Å². The Morgan fingerprint density at radius 3 is 2.35 bits per heavy atom. The monoisotopic (exact) mass is 373 g/mol. The quantitative estimate of drug-likeness (QED) is 0.804. The molecular weight excluding hydrogens is 354 g/mol. The lowest BCUT2D eigenvalue weighted by Gasteiger charge is -2.30. The highest BCUT2D eigenvalue weighted by Gasteiger charge is 2.37. The maximum absolute atomic E-state index is 12.3. The third-order valence-electron chi connectivity index (χ3n) is 4.41. The molecule has 2 aromatic rings. The summed E-state index contributed by atoms with van der Waals surface area (Å²) in [5.41, 5.74) is 1.84. The van der Waals surface area contributed by atoms with Gasteiger partial charge >= 0.3 is 6.09 Å². The van der Waals surface area contributed by atoms with Gasteiger partial charge in [-0.25, -0.2) is 4.79 Å². The minimum atomic E-state index is -0.348. The summed E-state index contributed by atoms with van der Waals surface area (Å²) >= 11 is 3.46. The van der Waals surface area contributed by atoms with Gasteiger partial charge in [0.05, 0.1) is 5.54 Å². The number of rotatable bonds is 4. The molecule has 0 radical (unpaired) electrons. The van der Waals surface area contributed by atoms with E-state index in [1.54, 1.807) is 0 Å². The van der Waals surface area contributed by atoms with Crippen LogP contribution in [0.3, 0.4) is 0 Å². The van der Waals surface area contributed by atoms with Crippen LogP contribution in [0.1, 0.15) is 36.8 Å². The molecule has 3 nitrogen and oxygen atoms in total. The molecule has 1 fully saturated rings. The molecule has 120 valence electrons. The summed E-state index contributed by atoms with van der Waals surface area (Å²) in [5.74, 6) is 0. The number of alkyl carbamates (subject to hydrolysis) is 1. The van der Waals surface area contributed by atoms with Gasteiger partial charge in [-0.15, -0.1) is 0 Å². The fourth-order valence-electron chi connectivity index (χ4n) is 3.19. The number of benzene rings is 2. The van der Waals surface area contributed by atoms with Gasteiger partial charge in [-0.1, -0.05) is 71.2 Å². The van der Waals surface area contributed by atoms with Crippen LogP contribution >= 0.6 is 15.9 Å². The molecule has 0 spiro atoms. The van der Waals surface area contributed by atoms with Crippen molar-refractivity contribution < 1.29 is 9.53 Å². The molecule has 0 atom stereocenters. The maximum Gasteiger partial charge on any atom is 0.408 e. The second-order valence-electron chi connectivity index (χ2n) is 5.98. The van der Waals surface area contributed by atoms with Crippen LogP contribution in [0.15, 0.2) is 59.1 Å². The van der Waals surface area contributed by atoms with Crippen LogP contribution in [0.4, 0.5) is 4.79 Å². The van der Waals surface area contributed by atoms with Gasteiger partial charge in [0.25, 0.3) is 0 Å². The van der Waals surface area contributed by atoms with Crippen LogP contribution in [-0.4, -0.2) is 6.09 Å². The molecule has 0 heterocycles. The van der Waals surface area contributed by atoms with Crippen molar-refractivity contribution in [2.45, 2.75) is 37.8 Å². The Kier molecular flexibility index (Phi) is 5.01. The Balaban J connectivity index is 1.67. The molecule has 3 rings (SSSR count). The number of carbonyl (C=O) groups excluding carboxylic acids is 1. The Labute approximate surface area is 145 Å². The van der Waals surface area contributed by atoms with Gasteiger partial charge in [-0.05, 0) is 36.1 Å². The second-order valence-corrected chi connectivity index (χ2v) is 6.90. The summed E-state index contributed by atoms with van der Waals surface area (Å²) in [6, 6.07) is 17.9. The van der Waals surface area contributed by atoms with E-state index < -0.39 is 0 Å². The van der Waals surface area contributed by atoms with Crippen molar-refractivity contribution in [3.63, 3.8) is 0 Å². The van der Waals surface area contributed by atoms with Crippen molar-refractivity contribution >= 4 is 22.0 Å². The minimum absolute atomic E-state index is 0.295. The zero-order valence-corrected chi connectivity index (χ0v) is 14.5. The molecule has 1 amide bonds. The van der Waals surface area contributed by atoms with Gasteiger partial charge in [-0.3, -0.25) is 0 Å². The normalized spacial score (nSPS) is 16.0. The molecule has 0 bridgehead atoms. The first-order valence-electron chi connectivity index (χ1n) is 7.93. The van der Waals surface area contributed by atoms with Gasteiger partial charge < -0.3 is 10.1 Å². The molecule has 0 aliphatic heterocycles. The van der Waals surface area contributed by atoms with E-state index in [-0.39, 0.29) is 11.6 Å². The topological polar surface area (TPSA) is 38.3 Å². The van der Waals surface area contributed by atoms with Crippen molar-refractivity contribution in [3.8, 4) is 0 Å². The van der Waals surface area contributed by atoms with E-state index in [2.05, 4.69) is 33.4 Å². The number of halogens is 1. The number of hydrogen-bond donors (Lipinski definition) is 1. The van der Waals surface area contributed by atoms with Gasteiger partial charge in [0.15, 0.2) is 0 Å². The molecule has 0 aromatic heterocycles. The fraction of sp³-hybridized carbons (Fsp3) is 0.316. The SMILES string of the molecule is O=C(NC1(c2ccc(Br)cc2)CCCC1)OCc1ccccc1. The van der Waals surface area contributed by atoms with Crippen molar-refractivity contribution in [2.24, 2.45) is 0 Å². The maximum atomic E-state index is 12.3. The lowest BCUT2D eigenvalue weighted by atomic mass is 9.88. The summed E-state index contributed by atoms with van der Waals surface area (Å²) in [7, 11) is 0. The average molecular weight is 374 g/mol. The summed E-state index contributed by atoms with van der Waals surface area (Å²) in [5, 5.41) is 3.12. The Morgan fingerprint density at radius 2 is 1.70 bits per heavy atom. The Hall–Kier alpha value is -1.81. The molecule has 4 heteroatoms. The highest BCUT2D eigenvalue weighted by molar-refractivity contribution is 9.10. The first kappa shape index (κ1) is 16.1. The second kappa shape index (κ2) is 7.18. The van der Waals surface area contributed by atoms with Crippen LogP contribution in [0, 0.1) is 0 Å². The van der Waals surface area contributed by atoms with Crippen LogP contribution in [0.25, 0.3) is 0 Å². The third kappa shape index (κ3) is 3.94. The Bertz CT molecular complexity index is 649. The highest BCUT2D eigenvalue weighted by atomic mass is 79.9. The number of hydrogen-bond acceptors (Lipinski definition) is 2. The van der Waals surface area contributed by atoms with Gasteiger partial charge in [0.1, 0.15) is 6.61 Å². The van der Waals surface area contributed by atoms with Crippen LogP contribution in [-0.2, 0) is 16.9 Å². The van der Waals surface area contributed by atoms with Gasteiger partial charge in [0.2, 0.25) is 0 Å². The first-order chi connectivity index (χ1) is 11.2. The van der Waals surface area contributed by atoms with E-state index >= 15 is 0 Å². The minimum Gasteiger partial charge on any atom is -0.445 e. The Morgan fingerprint density at radius 1 is 1.04 bits per heavy atom. The number of ether oxygens (including phenoxy) is 1. The number of nitrogens with one attached hydrogen (secondary N) is 1. The zero-order chi connectivity index (χ0) is 16.1. The summed E-state index contributed by atoms with van der Waals surface area (Å²) in [6.07, 6.45) is 3.80. The van der Waals surface area contributed by atoms with E-state index in [0.717, 1.165) is 41.3 Å². The smallest absolute Gasteiger partial charge is 0.408 e. The number of carbonyl (C=O) groups is 1. The van der Waals surface area contributed by atoms with E-state index in [1.807, 2.05) is 42.5 Å². The summed E-state index contributed by atoms with van der Waals surface area (Å²) in [4.78, 5) is 12.3. The third-order valence-corrected chi connectivity index (χ3v) is 4.94. The molecule has 1 aliphatic rings. The largest absolute Gasteiger partial charge is 0.445 e. The van der Waals surface area contributed by atoms with Crippen molar-refractivity contribution in [3.05, 3.63) is 70.2 Å². The molecule has 2 aromatic carbocycles. The van der Waals surface area contributed by atoms with Crippen LogP contribution in [0.5, 0.6) is 0 Å². The zero-order valence-electron chi connectivity index (χ0n) is 12.9. The molecule has 23 heavy (non-hydrogen) atoms. The van der Waals surface area contributed by atoms with E-state index in [1.165, 1.54) is 0 Å². The van der Waals surface area contributed by atoms with Crippen molar-refractivity contribution in [1.29, 1.82) is 0 Å². The van der Waals surface area contributed by atoms with E-state index in [0.29, 0.717) is 6.61 Å². The van der Waals surface area contributed by atoms with Crippen LogP contribution in [0.2, 0.25) is 0 Å². The molecule has 0 saturated heterocycles. The molecule has 1 N–H and O–H groups in total. The summed E-state index contributed by atoms with van der Waals surface area (Å²) in [6.45, 7) is 0.295. The molecule has 1 saturated carbocycles. The standard InChI is InChI=1S/C19H20BrNO2/c20-17-10-8-16(9-11-17)19(12-4-5-13-19)21-18(22)23-14-15-6-2-1-3-7-15/h1-3,6-11H,4-5,12-14H2,(H,21,22). The first-order valence-corrected chi connectivity index (χ1v) is 8.72. The predicted octanol–water partition coefficient (Wildman–Crippen LogP) is 5.14. The molecule has 0 unspecified atom stereocenters. The predicted molar refractivity (Wildman–Crippen MR) is 94.1 cm³/mol. The number of amides is 1. The lowest BCUT2D eigenvalue weighted by Crippen LogP contribution is -2.44. The lowest BCUT2D eigenvalue weighted by molar-refractivity contribution is 0.126. The highest BCUT2D eigenvalue weighted by Crippen LogP contribution is 2.39. The van der Waals surface area contributed by atoms with Crippen molar-refractivity contribution in [1.82, 2.24) is 5.32 Å². The average Bonchev–Trinajstić information content (AvgIpc) is 3.04. The van der Waals surface area contributed by atoms with Gasteiger partial charge in [0, 0.05) is 4.47 Å². The summed E-state index contributed by atoms with van der Waals surface area (Å²) < 4.78 is 6.44. The van der Waals surface area contributed by atoms with E-state index in [9.17, 15) is 4.79 Å².